The van der Waals surface area contributed by atoms with E-state index in [1.807, 2.05) is 18.3 Å². The van der Waals surface area contributed by atoms with E-state index in [1.165, 1.54) is 25.7 Å². The number of unbranched alkanes of at least 4 members (excludes halogenated alkanes) is 3. The number of hydrogen-bond acceptors (Lipinski definition) is 2. The van der Waals surface area contributed by atoms with Crippen molar-refractivity contribution < 1.29 is 0 Å². The SMILES string of the molecule is CCCCCC[C@H](N)c1ncc(-c2ccc(Br)cc2)[nH]1. The Bertz CT molecular complexity index is 519. The van der Waals surface area contributed by atoms with Crippen molar-refractivity contribution in [3.8, 4) is 11.3 Å². The summed E-state index contributed by atoms with van der Waals surface area (Å²) in [4.78, 5) is 7.76. The molecular weight excluding hydrogens is 314 g/mol. The molecule has 108 valence electrons. The number of nitrogens with one attached hydrogen (secondary N) is 1. The third-order valence-electron chi connectivity index (χ3n) is 3.47. The Morgan fingerprint density at radius 2 is 1.95 bits per heavy atom. The normalized spacial score (nSPS) is 12.6. The predicted molar refractivity (Wildman–Crippen MR) is 87.4 cm³/mol. The van der Waals surface area contributed by atoms with Gasteiger partial charge in [-0.05, 0) is 24.1 Å². The lowest BCUT2D eigenvalue weighted by Crippen LogP contribution is -2.11. The average molecular weight is 336 g/mol. The van der Waals surface area contributed by atoms with Crippen LogP contribution in [0, 0.1) is 0 Å². The molecule has 1 aromatic heterocycles. The number of H-pyrrole nitrogens is 1. The first kappa shape index (κ1) is 15.3. The van der Waals surface area contributed by atoms with E-state index in [0.717, 1.165) is 28.0 Å². The summed E-state index contributed by atoms with van der Waals surface area (Å²) in [5.74, 6) is 0.888. The minimum atomic E-state index is 0.0102. The van der Waals surface area contributed by atoms with Crippen molar-refractivity contribution in [2.24, 2.45) is 5.73 Å². The number of aromatic amines is 1. The summed E-state index contributed by atoms with van der Waals surface area (Å²) in [6, 6.07) is 8.19. The number of halogens is 1. The number of nitrogens with two attached hydrogens (primary N) is 1. The van der Waals surface area contributed by atoms with E-state index in [2.05, 4.69) is 45.0 Å². The molecule has 1 aromatic carbocycles. The molecule has 0 radical (unpaired) electrons. The Kier molecular flexibility index (Phi) is 5.80. The molecule has 2 rings (SSSR count). The first-order valence-electron chi connectivity index (χ1n) is 7.27. The van der Waals surface area contributed by atoms with Crippen molar-refractivity contribution in [3.05, 3.63) is 40.8 Å². The molecule has 0 aliphatic carbocycles. The number of benzene rings is 1. The van der Waals surface area contributed by atoms with Gasteiger partial charge in [0.2, 0.25) is 0 Å². The molecule has 0 saturated carbocycles. The summed E-state index contributed by atoms with van der Waals surface area (Å²) in [6.07, 6.45) is 7.82. The molecule has 0 amide bonds. The van der Waals surface area contributed by atoms with E-state index in [4.69, 9.17) is 5.73 Å². The number of aromatic nitrogens is 2. The molecule has 20 heavy (non-hydrogen) atoms. The van der Waals surface area contributed by atoms with E-state index in [1.54, 1.807) is 0 Å². The Morgan fingerprint density at radius 3 is 2.65 bits per heavy atom. The van der Waals surface area contributed by atoms with Gasteiger partial charge in [0.15, 0.2) is 0 Å². The van der Waals surface area contributed by atoms with Gasteiger partial charge >= 0.3 is 0 Å². The highest BCUT2D eigenvalue weighted by Gasteiger charge is 2.10. The van der Waals surface area contributed by atoms with Gasteiger partial charge in [-0.3, -0.25) is 0 Å². The van der Waals surface area contributed by atoms with Gasteiger partial charge in [0.25, 0.3) is 0 Å². The minimum absolute atomic E-state index is 0.0102. The second-order valence-electron chi connectivity index (χ2n) is 5.14. The summed E-state index contributed by atoms with van der Waals surface area (Å²) in [5, 5.41) is 0. The predicted octanol–water partition coefficient (Wildman–Crippen LogP) is 4.81. The second kappa shape index (κ2) is 7.60. The first-order chi connectivity index (χ1) is 9.70. The van der Waals surface area contributed by atoms with Crippen molar-refractivity contribution in [3.63, 3.8) is 0 Å². The molecule has 3 nitrogen and oxygen atoms in total. The number of imidazole rings is 1. The van der Waals surface area contributed by atoms with Crippen LogP contribution in [0.5, 0.6) is 0 Å². The Hall–Kier alpha value is -1.13. The van der Waals surface area contributed by atoms with Gasteiger partial charge < -0.3 is 10.7 Å². The molecule has 1 heterocycles. The molecule has 0 spiro atoms. The average Bonchev–Trinajstić information content (AvgIpc) is 2.94. The highest BCUT2D eigenvalue weighted by atomic mass is 79.9. The number of hydrogen-bond donors (Lipinski definition) is 2. The standard InChI is InChI=1S/C16H22BrN3/c1-2-3-4-5-6-14(18)16-19-11-15(20-16)12-7-9-13(17)10-8-12/h7-11,14H,2-6,18H2,1H3,(H,19,20)/t14-/m0/s1. The van der Waals surface area contributed by atoms with Gasteiger partial charge in [0.05, 0.1) is 17.9 Å². The van der Waals surface area contributed by atoms with Crippen LogP contribution in [-0.4, -0.2) is 9.97 Å². The molecule has 4 heteroatoms. The lowest BCUT2D eigenvalue weighted by Gasteiger charge is -2.08. The molecule has 0 bridgehead atoms. The fraction of sp³-hybridized carbons (Fsp3) is 0.438. The van der Waals surface area contributed by atoms with Gasteiger partial charge in [0.1, 0.15) is 5.82 Å². The van der Waals surface area contributed by atoms with Crippen LogP contribution in [-0.2, 0) is 0 Å². The zero-order valence-electron chi connectivity index (χ0n) is 11.9. The third kappa shape index (κ3) is 4.18. The van der Waals surface area contributed by atoms with Crippen LogP contribution in [0.1, 0.15) is 50.9 Å². The van der Waals surface area contributed by atoms with E-state index in [9.17, 15) is 0 Å². The maximum Gasteiger partial charge on any atom is 0.123 e. The number of rotatable bonds is 7. The van der Waals surface area contributed by atoms with E-state index >= 15 is 0 Å². The van der Waals surface area contributed by atoms with Crippen LogP contribution in [0.3, 0.4) is 0 Å². The van der Waals surface area contributed by atoms with E-state index in [0.29, 0.717) is 0 Å². The molecule has 0 aliphatic heterocycles. The molecule has 2 aromatic rings. The van der Waals surface area contributed by atoms with Crippen LogP contribution in [0.4, 0.5) is 0 Å². The third-order valence-corrected chi connectivity index (χ3v) is 4.00. The lowest BCUT2D eigenvalue weighted by atomic mass is 10.1. The smallest absolute Gasteiger partial charge is 0.123 e. The highest BCUT2D eigenvalue weighted by Crippen LogP contribution is 2.22. The zero-order valence-corrected chi connectivity index (χ0v) is 13.5. The Morgan fingerprint density at radius 1 is 1.20 bits per heavy atom. The maximum absolute atomic E-state index is 6.19. The van der Waals surface area contributed by atoms with Crippen LogP contribution in [0.2, 0.25) is 0 Å². The van der Waals surface area contributed by atoms with Crippen molar-refractivity contribution in [1.82, 2.24) is 9.97 Å². The van der Waals surface area contributed by atoms with E-state index < -0.39 is 0 Å². The summed E-state index contributed by atoms with van der Waals surface area (Å²) >= 11 is 3.44. The Balaban J connectivity index is 1.96. The van der Waals surface area contributed by atoms with Gasteiger partial charge in [-0.25, -0.2) is 4.98 Å². The van der Waals surface area contributed by atoms with Crippen LogP contribution >= 0.6 is 15.9 Å². The van der Waals surface area contributed by atoms with Crippen LogP contribution < -0.4 is 5.73 Å². The van der Waals surface area contributed by atoms with Crippen molar-refractivity contribution >= 4 is 15.9 Å². The van der Waals surface area contributed by atoms with Crippen molar-refractivity contribution in [1.29, 1.82) is 0 Å². The molecule has 0 fully saturated rings. The molecule has 3 N–H and O–H groups in total. The quantitative estimate of drug-likeness (QED) is 0.713. The second-order valence-corrected chi connectivity index (χ2v) is 6.06. The summed E-state index contributed by atoms with van der Waals surface area (Å²) in [5.41, 5.74) is 8.35. The summed E-state index contributed by atoms with van der Waals surface area (Å²) in [6.45, 7) is 2.22. The fourth-order valence-corrected chi connectivity index (χ4v) is 2.49. The van der Waals surface area contributed by atoms with Gasteiger partial charge in [-0.1, -0.05) is 60.7 Å². The highest BCUT2D eigenvalue weighted by molar-refractivity contribution is 9.10. The maximum atomic E-state index is 6.19. The van der Waals surface area contributed by atoms with Crippen molar-refractivity contribution in [2.75, 3.05) is 0 Å². The zero-order chi connectivity index (χ0) is 14.4. The lowest BCUT2D eigenvalue weighted by molar-refractivity contribution is 0.550. The van der Waals surface area contributed by atoms with E-state index in [-0.39, 0.29) is 6.04 Å². The summed E-state index contributed by atoms with van der Waals surface area (Å²) in [7, 11) is 0. The van der Waals surface area contributed by atoms with Crippen LogP contribution in [0.25, 0.3) is 11.3 Å². The molecule has 0 aliphatic rings. The van der Waals surface area contributed by atoms with Crippen LogP contribution in [0.15, 0.2) is 34.9 Å². The van der Waals surface area contributed by atoms with Gasteiger partial charge in [-0.2, -0.15) is 0 Å². The molecular formula is C16H22BrN3. The Labute approximate surface area is 129 Å². The first-order valence-corrected chi connectivity index (χ1v) is 8.06. The molecule has 0 unspecified atom stereocenters. The largest absolute Gasteiger partial charge is 0.341 e. The molecule has 1 atom stereocenters. The number of nitrogens with zero attached hydrogens (tertiary/aromatic N) is 1. The van der Waals surface area contributed by atoms with Gasteiger partial charge in [-0.15, -0.1) is 0 Å². The topological polar surface area (TPSA) is 54.7 Å². The molecule has 0 saturated heterocycles. The minimum Gasteiger partial charge on any atom is -0.341 e. The monoisotopic (exact) mass is 335 g/mol. The fourth-order valence-electron chi connectivity index (χ4n) is 2.23. The van der Waals surface area contributed by atoms with Crippen molar-refractivity contribution in [2.45, 2.75) is 45.1 Å². The van der Waals surface area contributed by atoms with Gasteiger partial charge in [0, 0.05) is 4.47 Å². The summed E-state index contributed by atoms with van der Waals surface area (Å²) < 4.78 is 1.08.